The molecule has 0 aromatic heterocycles. The van der Waals surface area contributed by atoms with Crippen molar-refractivity contribution in [1.82, 2.24) is 0 Å². The van der Waals surface area contributed by atoms with Crippen LogP contribution in [0.5, 0.6) is 11.5 Å². The van der Waals surface area contributed by atoms with Crippen LogP contribution in [0.25, 0.3) is 11.1 Å². The van der Waals surface area contributed by atoms with Gasteiger partial charge in [0.05, 0.1) is 5.56 Å². The number of benzene rings is 3. The molecule has 1 aliphatic rings. The Bertz CT molecular complexity index is 1100. The molecule has 3 aromatic rings. The molecular formula is C28H28O4. The van der Waals surface area contributed by atoms with Gasteiger partial charge in [-0.25, -0.2) is 4.79 Å². The van der Waals surface area contributed by atoms with E-state index in [0.717, 1.165) is 42.4 Å². The number of ether oxygens (including phenoxy) is 2. The lowest BCUT2D eigenvalue weighted by atomic mass is 9.84. The molecule has 1 aliphatic heterocycles. The largest absolute Gasteiger partial charge is 0.519 e. The van der Waals surface area contributed by atoms with Gasteiger partial charge in [-0.05, 0) is 24.0 Å². The number of unbranched alkanes of at least 4 members (excludes halogenated alkanes) is 1. The highest BCUT2D eigenvalue weighted by Crippen LogP contribution is 2.47. The summed E-state index contributed by atoms with van der Waals surface area (Å²) >= 11 is 0. The van der Waals surface area contributed by atoms with Gasteiger partial charge in [0.25, 0.3) is 0 Å². The quantitative estimate of drug-likeness (QED) is 0.205. The molecule has 0 saturated carbocycles. The fourth-order valence-electron chi connectivity index (χ4n) is 4.32. The molecule has 1 unspecified atom stereocenters. The summed E-state index contributed by atoms with van der Waals surface area (Å²) in [5.74, 6) is 1.13. The van der Waals surface area contributed by atoms with Crippen LogP contribution in [0.15, 0.2) is 66.7 Å². The summed E-state index contributed by atoms with van der Waals surface area (Å²) in [7, 11) is 0. The SMILES string of the molecule is CCCCC(CC)Cc1c(C(=O)c2ccccc2)cc2c(-c3ccccc3)c1OC(=O)O2. The van der Waals surface area contributed by atoms with Crippen molar-refractivity contribution in [2.45, 2.75) is 46.0 Å². The number of carbonyl (C=O) groups is 2. The van der Waals surface area contributed by atoms with E-state index in [1.807, 2.05) is 60.7 Å². The molecule has 4 rings (SSSR count). The summed E-state index contributed by atoms with van der Waals surface area (Å²) in [6.07, 6.45) is 4.23. The van der Waals surface area contributed by atoms with Crippen LogP contribution in [0.2, 0.25) is 0 Å². The van der Waals surface area contributed by atoms with E-state index in [-0.39, 0.29) is 5.78 Å². The van der Waals surface area contributed by atoms with Gasteiger partial charge in [0.15, 0.2) is 5.78 Å². The third-order valence-electron chi connectivity index (χ3n) is 6.11. The van der Waals surface area contributed by atoms with E-state index in [4.69, 9.17) is 9.47 Å². The van der Waals surface area contributed by atoms with E-state index in [0.29, 0.717) is 35.0 Å². The molecule has 2 bridgehead atoms. The van der Waals surface area contributed by atoms with Crippen molar-refractivity contribution in [2.75, 3.05) is 0 Å². The summed E-state index contributed by atoms with van der Waals surface area (Å²) in [6, 6.07) is 20.7. The second-order valence-corrected chi connectivity index (χ2v) is 8.24. The molecule has 1 heterocycles. The maximum atomic E-state index is 13.5. The maximum Gasteiger partial charge on any atom is 0.519 e. The first kappa shape index (κ1) is 21.8. The van der Waals surface area contributed by atoms with E-state index in [9.17, 15) is 9.59 Å². The van der Waals surface area contributed by atoms with Crippen LogP contribution in [-0.2, 0) is 6.42 Å². The first-order valence-electron chi connectivity index (χ1n) is 11.4. The highest BCUT2D eigenvalue weighted by molar-refractivity contribution is 6.11. The lowest BCUT2D eigenvalue weighted by Gasteiger charge is -2.26. The lowest BCUT2D eigenvalue weighted by Crippen LogP contribution is -2.23. The zero-order valence-electron chi connectivity index (χ0n) is 18.6. The predicted molar refractivity (Wildman–Crippen MR) is 125 cm³/mol. The average molecular weight is 429 g/mol. The smallest absolute Gasteiger partial charge is 0.394 e. The molecule has 32 heavy (non-hydrogen) atoms. The van der Waals surface area contributed by atoms with Crippen LogP contribution in [0, 0.1) is 5.92 Å². The molecule has 0 saturated heterocycles. The molecule has 0 spiro atoms. The fraction of sp³-hybridized carbons (Fsp3) is 0.286. The summed E-state index contributed by atoms with van der Waals surface area (Å²) in [5, 5.41) is 0. The molecule has 0 fully saturated rings. The monoisotopic (exact) mass is 428 g/mol. The standard InChI is InChI=1S/C28H28O4/c1-3-5-12-19(4-2)17-23-22(26(29)21-15-10-7-11-16-21)18-24-25(20-13-8-6-9-14-20)27(23)32-28(30)31-24/h6-11,13-16,18-19H,3-5,12,17H2,1-2H3. The van der Waals surface area contributed by atoms with E-state index >= 15 is 0 Å². The molecule has 1 atom stereocenters. The summed E-state index contributed by atoms with van der Waals surface area (Å²) in [5.41, 5.74) is 3.57. The van der Waals surface area contributed by atoms with Crippen LogP contribution in [0.4, 0.5) is 4.79 Å². The Hall–Kier alpha value is -3.40. The number of hydrogen-bond donors (Lipinski definition) is 0. The third kappa shape index (κ3) is 4.45. The van der Waals surface area contributed by atoms with Gasteiger partial charge in [0.2, 0.25) is 0 Å². The van der Waals surface area contributed by atoms with Crippen molar-refractivity contribution in [1.29, 1.82) is 0 Å². The third-order valence-corrected chi connectivity index (χ3v) is 6.11. The van der Waals surface area contributed by atoms with Gasteiger partial charge < -0.3 is 9.47 Å². The van der Waals surface area contributed by atoms with Crippen molar-refractivity contribution >= 4 is 11.9 Å². The number of carbonyl (C=O) groups excluding carboxylic acids is 2. The van der Waals surface area contributed by atoms with E-state index in [1.54, 1.807) is 6.07 Å². The summed E-state index contributed by atoms with van der Waals surface area (Å²) in [4.78, 5) is 25.8. The van der Waals surface area contributed by atoms with Gasteiger partial charge in [-0.1, -0.05) is 100 Å². The highest BCUT2D eigenvalue weighted by atomic mass is 16.7. The van der Waals surface area contributed by atoms with Crippen LogP contribution >= 0.6 is 0 Å². The van der Waals surface area contributed by atoms with Gasteiger partial charge in [-0.3, -0.25) is 4.79 Å². The Labute approximate surface area is 189 Å². The number of rotatable bonds is 9. The Morgan fingerprint density at radius 2 is 1.62 bits per heavy atom. The van der Waals surface area contributed by atoms with Crippen molar-refractivity contribution in [3.63, 3.8) is 0 Å². The van der Waals surface area contributed by atoms with Crippen LogP contribution in [0.3, 0.4) is 0 Å². The van der Waals surface area contributed by atoms with Crippen LogP contribution < -0.4 is 9.47 Å². The van der Waals surface area contributed by atoms with E-state index < -0.39 is 6.16 Å². The minimum absolute atomic E-state index is 0.0883. The predicted octanol–water partition coefficient (Wildman–Crippen LogP) is 7.23. The maximum absolute atomic E-state index is 13.5. The lowest BCUT2D eigenvalue weighted by molar-refractivity contribution is 0.103. The number of fused-ring (bicyclic) bond motifs is 2. The summed E-state index contributed by atoms with van der Waals surface area (Å²) < 4.78 is 11.1. The summed E-state index contributed by atoms with van der Waals surface area (Å²) in [6.45, 7) is 4.36. The molecule has 164 valence electrons. The minimum Gasteiger partial charge on any atom is -0.394 e. The molecule has 0 radical (unpaired) electrons. The Kier molecular flexibility index (Phi) is 6.69. The van der Waals surface area contributed by atoms with Crippen LogP contribution in [0.1, 0.15) is 61.0 Å². The Morgan fingerprint density at radius 3 is 2.28 bits per heavy atom. The van der Waals surface area contributed by atoms with Gasteiger partial charge in [-0.2, -0.15) is 0 Å². The molecular weight excluding hydrogens is 400 g/mol. The Morgan fingerprint density at radius 1 is 0.938 bits per heavy atom. The zero-order chi connectivity index (χ0) is 22.5. The fourth-order valence-corrected chi connectivity index (χ4v) is 4.32. The van der Waals surface area contributed by atoms with Crippen molar-refractivity contribution in [3.05, 3.63) is 83.4 Å². The van der Waals surface area contributed by atoms with E-state index in [2.05, 4.69) is 13.8 Å². The second-order valence-electron chi connectivity index (χ2n) is 8.24. The average Bonchev–Trinajstić information content (AvgIpc) is 2.83. The topological polar surface area (TPSA) is 52.6 Å². The van der Waals surface area contributed by atoms with Crippen LogP contribution in [-0.4, -0.2) is 11.9 Å². The Balaban J connectivity index is 1.90. The van der Waals surface area contributed by atoms with Crippen molar-refractivity contribution < 1.29 is 19.1 Å². The van der Waals surface area contributed by atoms with Gasteiger partial charge >= 0.3 is 6.16 Å². The molecule has 0 aliphatic carbocycles. The number of ketones is 1. The van der Waals surface area contributed by atoms with Crippen molar-refractivity contribution in [3.8, 4) is 22.6 Å². The molecule has 0 amide bonds. The van der Waals surface area contributed by atoms with E-state index in [1.165, 1.54) is 0 Å². The number of hydrogen-bond acceptors (Lipinski definition) is 4. The normalized spacial score (nSPS) is 13.2. The molecule has 3 aromatic carbocycles. The van der Waals surface area contributed by atoms with Gasteiger partial charge in [-0.15, -0.1) is 0 Å². The first-order chi connectivity index (χ1) is 15.6. The molecule has 4 heteroatoms. The first-order valence-corrected chi connectivity index (χ1v) is 11.4. The van der Waals surface area contributed by atoms with Crippen molar-refractivity contribution in [2.24, 2.45) is 5.92 Å². The minimum atomic E-state index is -0.753. The molecule has 0 N–H and O–H groups in total. The van der Waals surface area contributed by atoms with Gasteiger partial charge in [0.1, 0.15) is 11.5 Å². The van der Waals surface area contributed by atoms with Gasteiger partial charge in [0, 0.05) is 16.7 Å². The highest BCUT2D eigenvalue weighted by Gasteiger charge is 2.32. The second kappa shape index (κ2) is 9.82. The molecule has 4 nitrogen and oxygen atoms in total. The zero-order valence-corrected chi connectivity index (χ0v) is 18.6.